The lowest BCUT2D eigenvalue weighted by molar-refractivity contribution is -0.384. The molecule has 0 bridgehead atoms. The summed E-state index contributed by atoms with van der Waals surface area (Å²) in [5.41, 5.74) is -0.458. The number of carboxylic acids is 1. The Bertz CT molecular complexity index is 563. The monoisotopic (exact) mass is 277 g/mol. The summed E-state index contributed by atoms with van der Waals surface area (Å²) in [4.78, 5) is 21.5. The zero-order valence-corrected chi connectivity index (χ0v) is 11.2. The Labute approximate surface area is 116 Å². The van der Waals surface area contributed by atoms with Gasteiger partial charge >= 0.3 is 11.7 Å². The zero-order chi connectivity index (χ0) is 15.3. The third kappa shape index (κ3) is 3.68. The molecular weight excluding hydrogens is 262 g/mol. The van der Waals surface area contributed by atoms with E-state index in [0.717, 1.165) is 0 Å². The van der Waals surface area contributed by atoms with Crippen molar-refractivity contribution in [3.05, 3.63) is 33.9 Å². The van der Waals surface area contributed by atoms with Gasteiger partial charge < -0.3 is 10.4 Å². The van der Waals surface area contributed by atoms with Crippen LogP contribution in [0.3, 0.4) is 0 Å². The first-order valence-corrected chi connectivity index (χ1v) is 6.03. The van der Waals surface area contributed by atoms with Gasteiger partial charge in [-0.25, -0.2) is 4.79 Å². The molecule has 1 atom stereocenters. The van der Waals surface area contributed by atoms with E-state index in [-0.39, 0.29) is 17.2 Å². The van der Waals surface area contributed by atoms with Gasteiger partial charge in [0.15, 0.2) is 0 Å². The van der Waals surface area contributed by atoms with E-state index in [1.807, 2.05) is 13.8 Å². The molecule has 0 aromatic heterocycles. The van der Waals surface area contributed by atoms with Gasteiger partial charge in [-0.2, -0.15) is 5.26 Å². The number of nitrogens with zero attached hydrogens (tertiary/aromatic N) is 2. The van der Waals surface area contributed by atoms with E-state index in [0.29, 0.717) is 6.42 Å². The van der Waals surface area contributed by atoms with Crippen LogP contribution in [-0.4, -0.2) is 22.0 Å². The highest BCUT2D eigenvalue weighted by Crippen LogP contribution is 2.29. The molecule has 0 spiro atoms. The third-order valence-electron chi connectivity index (χ3n) is 2.67. The number of hydrogen-bond acceptors (Lipinski definition) is 5. The van der Waals surface area contributed by atoms with Crippen LogP contribution in [0.15, 0.2) is 18.2 Å². The lowest BCUT2D eigenvalue weighted by Gasteiger charge is -2.17. The number of rotatable bonds is 6. The van der Waals surface area contributed by atoms with Crippen LogP contribution >= 0.6 is 0 Å². The molecule has 1 aromatic rings. The van der Waals surface area contributed by atoms with Crippen LogP contribution in [0.5, 0.6) is 0 Å². The fourth-order valence-corrected chi connectivity index (χ4v) is 1.83. The molecule has 7 heteroatoms. The highest BCUT2D eigenvalue weighted by atomic mass is 16.6. The second kappa shape index (κ2) is 6.52. The molecule has 20 heavy (non-hydrogen) atoms. The Morgan fingerprint density at radius 3 is 2.65 bits per heavy atom. The molecule has 1 unspecified atom stereocenters. The number of nitro benzene ring substituents is 1. The number of carbonyl (C=O) groups is 1. The first-order valence-electron chi connectivity index (χ1n) is 6.03. The first kappa shape index (κ1) is 15.4. The van der Waals surface area contributed by atoms with Gasteiger partial charge in [-0.3, -0.25) is 10.1 Å². The highest BCUT2D eigenvalue weighted by molar-refractivity contribution is 5.80. The van der Waals surface area contributed by atoms with E-state index < -0.39 is 22.6 Å². The van der Waals surface area contributed by atoms with Crippen molar-refractivity contribution in [2.24, 2.45) is 5.92 Å². The number of nitro groups is 1. The van der Waals surface area contributed by atoms with E-state index in [9.17, 15) is 14.9 Å². The van der Waals surface area contributed by atoms with Crippen LogP contribution in [0.4, 0.5) is 11.4 Å². The summed E-state index contributed by atoms with van der Waals surface area (Å²) in [6, 6.07) is 4.98. The Kier molecular flexibility index (Phi) is 5.03. The summed E-state index contributed by atoms with van der Waals surface area (Å²) < 4.78 is 0. The number of para-hydroxylation sites is 1. The molecule has 2 N–H and O–H groups in total. The van der Waals surface area contributed by atoms with Gasteiger partial charge in [-0.15, -0.1) is 0 Å². The van der Waals surface area contributed by atoms with Crippen LogP contribution in [0.1, 0.15) is 25.8 Å². The number of anilines is 1. The van der Waals surface area contributed by atoms with Crippen molar-refractivity contribution in [2.45, 2.75) is 26.3 Å². The number of nitrogens with one attached hydrogen (secondary N) is 1. The predicted molar refractivity (Wildman–Crippen MR) is 72.3 cm³/mol. The van der Waals surface area contributed by atoms with Crippen LogP contribution in [0.2, 0.25) is 0 Å². The van der Waals surface area contributed by atoms with Gasteiger partial charge in [0.25, 0.3) is 0 Å². The van der Waals surface area contributed by atoms with Crippen LogP contribution in [0.25, 0.3) is 0 Å². The van der Waals surface area contributed by atoms with Crippen molar-refractivity contribution in [1.82, 2.24) is 0 Å². The fraction of sp³-hybridized carbons (Fsp3) is 0.385. The second-order valence-electron chi connectivity index (χ2n) is 4.74. The van der Waals surface area contributed by atoms with Gasteiger partial charge in [0.05, 0.1) is 4.92 Å². The maximum atomic E-state index is 11.2. The molecule has 106 valence electrons. The molecule has 0 aliphatic carbocycles. The van der Waals surface area contributed by atoms with Gasteiger partial charge in [0, 0.05) is 0 Å². The van der Waals surface area contributed by atoms with Gasteiger partial charge in [0.1, 0.15) is 23.4 Å². The van der Waals surface area contributed by atoms with Crippen molar-refractivity contribution in [1.29, 1.82) is 5.26 Å². The van der Waals surface area contributed by atoms with E-state index in [1.165, 1.54) is 18.2 Å². The average Bonchev–Trinajstić information content (AvgIpc) is 2.36. The van der Waals surface area contributed by atoms with Crippen LogP contribution in [-0.2, 0) is 4.79 Å². The van der Waals surface area contributed by atoms with E-state index in [1.54, 1.807) is 6.07 Å². The molecule has 0 heterocycles. The second-order valence-corrected chi connectivity index (χ2v) is 4.74. The van der Waals surface area contributed by atoms with Crippen LogP contribution < -0.4 is 5.32 Å². The summed E-state index contributed by atoms with van der Waals surface area (Å²) in [7, 11) is 0. The molecule has 0 saturated carbocycles. The van der Waals surface area contributed by atoms with Gasteiger partial charge in [0.2, 0.25) is 0 Å². The van der Waals surface area contributed by atoms with Gasteiger partial charge in [-0.1, -0.05) is 19.9 Å². The number of carboxylic acid groups (broad SMARTS) is 1. The number of hydrogen-bond donors (Lipinski definition) is 2. The molecule has 0 radical (unpaired) electrons. The molecule has 0 amide bonds. The summed E-state index contributed by atoms with van der Waals surface area (Å²) in [6.07, 6.45) is 0.323. The molecule has 0 saturated heterocycles. The fourth-order valence-electron chi connectivity index (χ4n) is 1.83. The normalized spacial score (nSPS) is 11.7. The van der Waals surface area contributed by atoms with Crippen molar-refractivity contribution in [2.75, 3.05) is 5.32 Å². The summed E-state index contributed by atoms with van der Waals surface area (Å²) >= 11 is 0. The highest BCUT2D eigenvalue weighted by Gasteiger charge is 2.25. The molecular formula is C13H15N3O4. The summed E-state index contributed by atoms with van der Waals surface area (Å²) in [5.74, 6) is -0.975. The molecule has 7 nitrogen and oxygen atoms in total. The lowest BCUT2D eigenvalue weighted by atomic mass is 10.0. The largest absolute Gasteiger partial charge is 0.480 e. The molecule has 1 aromatic carbocycles. The minimum atomic E-state index is -1.09. The zero-order valence-electron chi connectivity index (χ0n) is 11.2. The lowest BCUT2D eigenvalue weighted by Crippen LogP contribution is -2.31. The Morgan fingerprint density at radius 1 is 1.55 bits per heavy atom. The molecule has 0 aliphatic heterocycles. The molecule has 0 aliphatic rings. The van der Waals surface area contributed by atoms with Gasteiger partial charge in [-0.05, 0) is 24.5 Å². The van der Waals surface area contributed by atoms with Crippen LogP contribution in [0, 0.1) is 27.4 Å². The maximum Gasteiger partial charge on any atom is 0.326 e. The predicted octanol–water partition coefficient (Wildman–Crippen LogP) is 2.38. The van der Waals surface area contributed by atoms with Crippen molar-refractivity contribution in [3.63, 3.8) is 0 Å². The van der Waals surface area contributed by atoms with E-state index in [4.69, 9.17) is 10.4 Å². The topological polar surface area (TPSA) is 116 Å². The molecule has 0 fully saturated rings. The Morgan fingerprint density at radius 2 is 2.20 bits per heavy atom. The summed E-state index contributed by atoms with van der Waals surface area (Å²) in [6.45, 7) is 3.72. The minimum absolute atomic E-state index is 0.0436. The standard InChI is InChI=1S/C13H15N3O4/c1-8(2)6-11(13(17)18)15-10-5-3-4-9(7-14)12(10)16(19)20/h3-5,8,11,15H,6H2,1-2H3,(H,17,18). The number of aliphatic carboxylic acids is 1. The minimum Gasteiger partial charge on any atom is -0.480 e. The average molecular weight is 277 g/mol. The third-order valence-corrected chi connectivity index (χ3v) is 2.67. The Balaban J connectivity index is 3.16. The molecule has 1 rings (SSSR count). The quantitative estimate of drug-likeness (QED) is 0.609. The maximum absolute atomic E-state index is 11.2. The Hall–Kier alpha value is -2.62. The summed E-state index contributed by atoms with van der Waals surface area (Å²) in [5, 5.41) is 31.7. The van der Waals surface area contributed by atoms with Crippen molar-refractivity contribution >= 4 is 17.3 Å². The van der Waals surface area contributed by atoms with E-state index >= 15 is 0 Å². The van der Waals surface area contributed by atoms with E-state index in [2.05, 4.69) is 5.32 Å². The van der Waals surface area contributed by atoms with Crippen molar-refractivity contribution in [3.8, 4) is 6.07 Å². The first-order chi connectivity index (χ1) is 9.36. The number of benzene rings is 1. The number of nitriles is 1. The van der Waals surface area contributed by atoms with Crippen molar-refractivity contribution < 1.29 is 14.8 Å². The smallest absolute Gasteiger partial charge is 0.326 e. The SMILES string of the molecule is CC(C)CC(Nc1cccc(C#N)c1[N+](=O)[O-])C(=O)O.